The summed E-state index contributed by atoms with van der Waals surface area (Å²) in [6.07, 6.45) is 1.69. The quantitative estimate of drug-likeness (QED) is 0.581. The van der Waals surface area contributed by atoms with E-state index in [1.807, 2.05) is 57.2 Å². The van der Waals surface area contributed by atoms with Crippen LogP contribution in [0.4, 0.5) is 5.82 Å². The van der Waals surface area contributed by atoms with Crippen LogP contribution >= 0.6 is 11.6 Å². The molecule has 1 aromatic carbocycles. The Hall–Kier alpha value is -2.73. The lowest BCUT2D eigenvalue weighted by molar-refractivity contribution is 0.793. The molecule has 0 aliphatic heterocycles. The Morgan fingerprint density at radius 2 is 1.96 bits per heavy atom. The number of hydrogen-bond donors (Lipinski definition) is 1. The summed E-state index contributed by atoms with van der Waals surface area (Å²) in [5.74, 6) is 1.94. The molecule has 0 atom stereocenters. The third-order valence-electron chi connectivity index (χ3n) is 3.29. The van der Waals surface area contributed by atoms with E-state index < -0.39 is 0 Å². The first-order valence-corrected chi connectivity index (χ1v) is 7.83. The molecule has 3 rings (SSSR count). The lowest BCUT2D eigenvalue weighted by Crippen LogP contribution is -2.06. The van der Waals surface area contributed by atoms with Crippen LogP contribution in [0, 0.1) is 20.8 Å². The summed E-state index contributed by atoms with van der Waals surface area (Å²) in [7, 11) is 0. The molecular formula is C17H17ClN6. The zero-order valence-corrected chi connectivity index (χ0v) is 14.4. The lowest BCUT2D eigenvalue weighted by Gasteiger charge is -2.07. The van der Waals surface area contributed by atoms with Crippen molar-refractivity contribution in [3.63, 3.8) is 0 Å². The SMILES string of the molecule is Cc1cc(C)n(-c2cc(NN=Cc3cccc(Cl)c3)nc(C)n2)n1. The van der Waals surface area contributed by atoms with Gasteiger partial charge in [-0.25, -0.2) is 14.6 Å². The van der Waals surface area contributed by atoms with Crippen molar-refractivity contribution in [2.75, 3.05) is 5.43 Å². The number of rotatable bonds is 4. The maximum absolute atomic E-state index is 5.95. The van der Waals surface area contributed by atoms with Crippen molar-refractivity contribution < 1.29 is 0 Å². The number of anilines is 1. The summed E-state index contributed by atoms with van der Waals surface area (Å²) >= 11 is 5.95. The second kappa shape index (κ2) is 6.80. The highest BCUT2D eigenvalue weighted by atomic mass is 35.5. The topological polar surface area (TPSA) is 68.0 Å². The van der Waals surface area contributed by atoms with Crippen molar-refractivity contribution in [1.29, 1.82) is 0 Å². The zero-order valence-electron chi connectivity index (χ0n) is 13.7. The van der Waals surface area contributed by atoms with Gasteiger partial charge in [0, 0.05) is 16.8 Å². The third kappa shape index (κ3) is 3.78. The van der Waals surface area contributed by atoms with E-state index in [1.54, 1.807) is 10.9 Å². The van der Waals surface area contributed by atoms with Gasteiger partial charge in [0.2, 0.25) is 0 Å². The molecule has 0 spiro atoms. The maximum Gasteiger partial charge on any atom is 0.159 e. The molecule has 0 fully saturated rings. The van der Waals surface area contributed by atoms with Gasteiger partial charge in [-0.15, -0.1) is 0 Å². The fourth-order valence-corrected chi connectivity index (χ4v) is 2.54. The van der Waals surface area contributed by atoms with Gasteiger partial charge in [-0.2, -0.15) is 10.2 Å². The molecule has 0 aliphatic carbocycles. The molecule has 0 saturated carbocycles. The van der Waals surface area contributed by atoms with Gasteiger partial charge in [0.15, 0.2) is 11.6 Å². The molecule has 0 saturated heterocycles. The highest BCUT2D eigenvalue weighted by Crippen LogP contribution is 2.14. The van der Waals surface area contributed by atoms with Crippen LogP contribution in [0.2, 0.25) is 5.02 Å². The molecule has 0 bridgehead atoms. The van der Waals surface area contributed by atoms with Crippen LogP contribution in [-0.4, -0.2) is 26.0 Å². The van der Waals surface area contributed by atoms with Crippen molar-refractivity contribution >= 4 is 23.6 Å². The molecule has 0 radical (unpaired) electrons. The van der Waals surface area contributed by atoms with Crippen molar-refractivity contribution in [3.8, 4) is 5.82 Å². The largest absolute Gasteiger partial charge is 0.261 e. The van der Waals surface area contributed by atoms with E-state index in [2.05, 4.69) is 25.6 Å². The predicted molar refractivity (Wildman–Crippen MR) is 96.0 cm³/mol. The first-order chi connectivity index (χ1) is 11.5. The summed E-state index contributed by atoms with van der Waals surface area (Å²) in [5.41, 5.74) is 5.78. The average molecular weight is 341 g/mol. The van der Waals surface area contributed by atoms with Crippen molar-refractivity contribution in [2.45, 2.75) is 20.8 Å². The molecule has 2 aromatic heterocycles. The van der Waals surface area contributed by atoms with Crippen LogP contribution < -0.4 is 5.43 Å². The molecule has 122 valence electrons. The van der Waals surface area contributed by atoms with E-state index in [9.17, 15) is 0 Å². The number of halogens is 1. The van der Waals surface area contributed by atoms with Crippen LogP contribution in [0.25, 0.3) is 5.82 Å². The summed E-state index contributed by atoms with van der Waals surface area (Å²) in [6.45, 7) is 5.77. The Bertz CT molecular complexity index is 900. The standard InChI is InChI=1S/C17H17ClN6/c1-11-7-12(2)24(23-11)17-9-16(20-13(3)21-17)22-19-10-14-5-4-6-15(18)8-14/h4-10H,1-3H3,(H,20,21,22). The molecule has 2 heterocycles. The molecule has 7 heteroatoms. The number of aryl methyl sites for hydroxylation is 3. The smallest absolute Gasteiger partial charge is 0.159 e. The Kier molecular flexibility index (Phi) is 4.57. The van der Waals surface area contributed by atoms with Gasteiger partial charge >= 0.3 is 0 Å². The summed E-state index contributed by atoms with van der Waals surface area (Å²) in [5, 5.41) is 9.32. The maximum atomic E-state index is 5.95. The summed E-state index contributed by atoms with van der Waals surface area (Å²) in [4.78, 5) is 8.78. The monoisotopic (exact) mass is 340 g/mol. The normalized spacial score (nSPS) is 11.2. The van der Waals surface area contributed by atoms with Crippen LogP contribution in [0.15, 0.2) is 41.5 Å². The summed E-state index contributed by atoms with van der Waals surface area (Å²) < 4.78 is 1.79. The number of aromatic nitrogens is 4. The molecular weight excluding hydrogens is 324 g/mol. The highest BCUT2D eigenvalue weighted by Gasteiger charge is 2.08. The van der Waals surface area contributed by atoms with Crippen LogP contribution in [0.3, 0.4) is 0 Å². The number of benzene rings is 1. The van der Waals surface area contributed by atoms with E-state index in [-0.39, 0.29) is 0 Å². The Morgan fingerprint density at radius 3 is 2.67 bits per heavy atom. The van der Waals surface area contributed by atoms with E-state index >= 15 is 0 Å². The lowest BCUT2D eigenvalue weighted by atomic mass is 10.2. The van der Waals surface area contributed by atoms with Crippen LogP contribution in [0.1, 0.15) is 22.8 Å². The minimum atomic E-state index is 0.600. The number of nitrogens with zero attached hydrogens (tertiary/aromatic N) is 5. The van der Waals surface area contributed by atoms with Crippen molar-refractivity contribution in [2.24, 2.45) is 5.10 Å². The first kappa shape index (κ1) is 16.1. The third-order valence-corrected chi connectivity index (χ3v) is 3.53. The van der Waals surface area contributed by atoms with E-state index in [0.717, 1.165) is 17.0 Å². The van der Waals surface area contributed by atoms with E-state index in [1.165, 1.54) is 0 Å². The Morgan fingerprint density at radius 1 is 1.12 bits per heavy atom. The molecule has 3 aromatic rings. The fourth-order valence-electron chi connectivity index (χ4n) is 2.34. The second-order valence-electron chi connectivity index (χ2n) is 5.42. The highest BCUT2D eigenvalue weighted by molar-refractivity contribution is 6.30. The van der Waals surface area contributed by atoms with Gasteiger partial charge in [0.25, 0.3) is 0 Å². The number of hydrazone groups is 1. The fraction of sp³-hybridized carbons (Fsp3) is 0.176. The molecule has 1 N–H and O–H groups in total. The Balaban J connectivity index is 1.83. The van der Waals surface area contributed by atoms with Crippen molar-refractivity contribution in [3.05, 3.63) is 64.2 Å². The van der Waals surface area contributed by atoms with E-state index in [0.29, 0.717) is 22.5 Å². The number of nitrogens with one attached hydrogen (secondary N) is 1. The van der Waals surface area contributed by atoms with E-state index in [4.69, 9.17) is 11.6 Å². The van der Waals surface area contributed by atoms with Crippen molar-refractivity contribution in [1.82, 2.24) is 19.7 Å². The zero-order chi connectivity index (χ0) is 17.1. The Labute approximate surface area is 145 Å². The van der Waals surface area contributed by atoms with Gasteiger partial charge < -0.3 is 0 Å². The van der Waals surface area contributed by atoms with Gasteiger partial charge in [-0.1, -0.05) is 23.7 Å². The predicted octanol–water partition coefficient (Wildman–Crippen LogP) is 3.69. The van der Waals surface area contributed by atoms with Gasteiger partial charge in [-0.3, -0.25) is 5.43 Å². The minimum absolute atomic E-state index is 0.600. The van der Waals surface area contributed by atoms with Gasteiger partial charge in [0.1, 0.15) is 5.82 Å². The van der Waals surface area contributed by atoms with Crippen LogP contribution in [0.5, 0.6) is 0 Å². The molecule has 0 aliphatic rings. The molecule has 24 heavy (non-hydrogen) atoms. The molecule has 6 nitrogen and oxygen atoms in total. The average Bonchev–Trinajstić information content (AvgIpc) is 2.85. The molecule has 0 amide bonds. The summed E-state index contributed by atoms with van der Waals surface area (Å²) in [6, 6.07) is 11.3. The first-order valence-electron chi connectivity index (χ1n) is 7.45. The number of hydrogen-bond acceptors (Lipinski definition) is 5. The van der Waals surface area contributed by atoms with Gasteiger partial charge in [0.05, 0.1) is 11.9 Å². The second-order valence-corrected chi connectivity index (χ2v) is 5.86. The van der Waals surface area contributed by atoms with Gasteiger partial charge in [-0.05, 0) is 44.5 Å². The molecule has 0 unspecified atom stereocenters. The van der Waals surface area contributed by atoms with Crippen LogP contribution in [-0.2, 0) is 0 Å². The minimum Gasteiger partial charge on any atom is -0.261 e.